The third kappa shape index (κ3) is 4.94. The first-order valence-electron chi connectivity index (χ1n) is 11.8. The molecule has 3 amide bonds. The second-order valence-electron chi connectivity index (χ2n) is 8.85. The van der Waals surface area contributed by atoms with Crippen LogP contribution in [0.3, 0.4) is 0 Å². The van der Waals surface area contributed by atoms with E-state index in [2.05, 4.69) is 10.3 Å². The predicted molar refractivity (Wildman–Crippen MR) is 127 cm³/mol. The number of fused-ring (bicyclic) bond motifs is 1. The SMILES string of the molecule is O=C(NCC(=O)N1CCN(c2c(F)cc(N3CC(CO)OC3=O)cc2F)CC1)c1cn2cc(F)ccc2n1. The Labute approximate surface area is 214 Å². The van der Waals surface area contributed by atoms with Gasteiger partial charge in [-0.2, -0.15) is 0 Å². The Hall–Kier alpha value is -4.33. The van der Waals surface area contributed by atoms with Crippen molar-refractivity contribution < 1.29 is 37.4 Å². The number of amides is 3. The van der Waals surface area contributed by atoms with Crippen LogP contribution in [0.1, 0.15) is 10.5 Å². The molecule has 38 heavy (non-hydrogen) atoms. The number of nitrogens with zero attached hydrogens (tertiary/aromatic N) is 5. The molecule has 2 saturated heterocycles. The van der Waals surface area contributed by atoms with Gasteiger partial charge in [0.1, 0.15) is 28.9 Å². The average molecular weight is 532 g/mol. The summed E-state index contributed by atoms with van der Waals surface area (Å²) in [5.41, 5.74) is 0.103. The summed E-state index contributed by atoms with van der Waals surface area (Å²) in [6, 6.07) is 4.69. The van der Waals surface area contributed by atoms with E-state index in [1.165, 1.54) is 38.7 Å². The van der Waals surface area contributed by atoms with E-state index in [0.29, 0.717) is 5.65 Å². The lowest BCUT2D eigenvalue weighted by Gasteiger charge is -2.36. The largest absolute Gasteiger partial charge is 0.441 e. The number of carbonyl (C=O) groups excluding carboxylic acids is 3. The third-order valence-corrected chi connectivity index (χ3v) is 6.39. The first-order chi connectivity index (χ1) is 18.2. The summed E-state index contributed by atoms with van der Waals surface area (Å²) < 4.78 is 49.4. The van der Waals surface area contributed by atoms with Gasteiger partial charge in [0.2, 0.25) is 5.91 Å². The summed E-state index contributed by atoms with van der Waals surface area (Å²) >= 11 is 0. The molecule has 2 aliphatic rings. The number of rotatable bonds is 6. The summed E-state index contributed by atoms with van der Waals surface area (Å²) in [6.07, 6.45) is 0.955. The molecule has 14 heteroatoms. The van der Waals surface area contributed by atoms with Gasteiger partial charge in [-0.05, 0) is 12.1 Å². The Morgan fingerprint density at radius 3 is 2.45 bits per heavy atom. The van der Waals surface area contributed by atoms with E-state index in [1.807, 2.05) is 0 Å². The number of nitrogens with one attached hydrogen (secondary N) is 1. The van der Waals surface area contributed by atoms with Crippen LogP contribution in [0, 0.1) is 17.5 Å². The van der Waals surface area contributed by atoms with Crippen molar-refractivity contribution >= 4 is 34.9 Å². The van der Waals surface area contributed by atoms with E-state index in [4.69, 9.17) is 9.84 Å². The highest BCUT2D eigenvalue weighted by Gasteiger charge is 2.33. The topological polar surface area (TPSA) is 120 Å². The Balaban J connectivity index is 1.16. The van der Waals surface area contributed by atoms with Crippen molar-refractivity contribution in [3.63, 3.8) is 0 Å². The molecular formula is C24H23F3N6O5. The predicted octanol–water partition coefficient (Wildman–Crippen LogP) is 1.15. The van der Waals surface area contributed by atoms with Crippen molar-refractivity contribution in [3.8, 4) is 0 Å². The lowest BCUT2D eigenvalue weighted by molar-refractivity contribution is -0.130. The number of anilines is 2. The highest BCUT2D eigenvalue weighted by Crippen LogP contribution is 2.31. The van der Waals surface area contributed by atoms with Gasteiger partial charge in [0.25, 0.3) is 5.91 Å². The minimum atomic E-state index is -0.875. The second-order valence-corrected chi connectivity index (χ2v) is 8.85. The first-order valence-corrected chi connectivity index (χ1v) is 11.8. The third-order valence-electron chi connectivity index (χ3n) is 6.39. The molecule has 2 N–H and O–H groups in total. The molecule has 1 atom stereocenters. The van der Waals surface area contributed by atoms with Gasteiger partial charge in [0.15, 0.2) is 11.6 Å². The zero-order chi connectivity index (χ0) is 27.0. The number of halogens is 3. The number of aromatic nitrogens is 2. The molecule has 4 heterocycles. The summed E-state index contributed by atoms with van der Waals surface area (Å²) in [7, 11) is 0. The molecular weight excluding hydrogens is 509 g/mol. The van der Waals surface area contributed by atoms with Crippen LogP contribution in [0.5, 0.6) is 0 Å². The molecule has 0 saturated carbocycles. The van der Waals surface area contributed by atoms with Crippen LogP contribution < -0.4 is 15.1 Å². The average Bonchev–Trinajstić information content (AvgIpc) is 3.50. The molecule has 5 rings (SSSR count). The Bertz CT molecular complexity index is 1380. The summed E-state index contributed by atoms with van der Waals surface area (Å²) in [4.78, 5) is 45.0. The van der Waals surface area contributed by atoms with Crippen LogP contribution in [-0.2, 0) is 9.53 Å². The van der Waals surface area contributed by atoms with Crippen LogP contribution in [-0.4, -0.2) is 89.3 Å². The molecule has 0 bridgehead atoms. The van der Waals surface area contributed by atoms with E-state index < -0.39 is 42.2 Å². The summed E-state index contributed by atoms with van der Waals surface area (Å²) in [6.45, 7) is -0.120. The Morgan fingerprint density at radius 2 is 1.79 bits per heavy atom. The maximum Gasteiger partial charge on any atom is 0.414 e. The van der Waals surface area contributed by atoms with Crippen LogP contribution in [0.4, 0.5) is 29.3 Å². The Morgan fingerprint density at radius 1 is 1.08 bits per heavy atom. The number of piperazine rings is 1. The van der Waals surface area contributed by atoms with Crippen molar-refractivity contribution in [2.24, 2.45) is 0 Å². The molecule has 1 unspecified atom stereocenters. The Kier molecular flexibility index (Phi) is 6.80. The quantitative estimate of drug-likeness (QED) is 0.489. The van der Waals surface area contributed by atoms with Gasteiger partial charge in [0.05, 0.1) is 25.4 Å². The van der Waals surface area contributed by atoms with Crippen LogP contribution in [0.2, 0.25) is 0 Å². The number of ether oxygens (including phenoxy) is 1. The number of hydrogen-bond acceptors (Lipinski definition) is 7. The molecule has 0 spiro atoms. The van der Waals surface area contributed by atoms with Crippen molar-refractivity contribution in [3.05, 3.63) is 59.8 Å². The summed E-state index contributed by atoms with van der Waals surface area (Å²) in [5.74, 6) is -3.22. The number of cyclic esters (lactones) is 1. The van der Waals surface area contributed by atoms with E-state index in [0.717, 1.165) is 17.0 Å². The maximum absolute atomic E-state index is 14.9. The highest BCUT2D eigenvalue weighted by atomic mass is 19.1. The zero-order valence-corrected chi connectivity index (χ0v) is 19.9. The monoisotopic (exact) mass is 532 g/mol. The van der Waals surface area contributed by atoms with E-state index >= 15 is 0 Å². The fraction of sp³-hybridized carbons (Fsp3) is 0.333. The van der Waals surface area contributed by atoms with Gasteiger partial charge >= 0.3 is 6.09 Å². The van der Waals surface area contributed by atoms with E-state index in [1.54, 1.807) is 0 Å². The van der Waals surface area contributed by atoms with Gasteiger partial charge in [-0.3, -0.25) is 14.5 Å². The molecule has 2 aliphatic heterocycles. The van der Waals surface area contributed by atoms with Crippen molar-refractivity contribution in [2.75, 3.05) is 55.7 Å². The second kappa shape index (κ2) is 10.2. The number of imidazole rings is 1. The maximum atomic E-state index is 14.9. The van der Waals surface area contributed by atoms with Gasteiger partial charge in [-0.25, -0.2) is 22.9 Å². The van der Waals surface area contributed by atoms with E-state index in [9.17, 15) is 27.6 Å². The number of benzene rings is 1. The number of pyridine rings is 1. The first kappa shape index (κ1) is 25.3. The number of hydrogen-bond donors (Lipinski definition) is 2. The van der Waals surface area contributed by atoms with Gasteiger partial charge in [-0.1, -0.05) is 0 Å². The minimum absolute atomic E-state index is 0.0231. The standard InChI is InChI=1S/C24H23F3N6O5/c25-14-1-2-20-29-19(12-32(20)10-14)23(36)28-9-21(35)30-3-5-31(6-4-30)22-17(26)7-15(8-18(22)27)33-11-16(13-34)38-24(33)37/h1-2,7-8,10,12,16,34H,3-6,9,11,13H2,(H,28,36). The van der Waals surface area contributed by atoms with Crippen molar-refractivity contribution in [1.82, 2.24) is 19.6 Å². The number of aliphatic hydroxyl groups is 1. The molecule has 0 radical (unpaired) electrons. The van der Waals surface area contributed by atoms with Crippen LogP contribution >= 0.6 is 0 Å². The normalized spacial score (nSPS) is 17.7. The molecule has 200 valence electrons. The van der Waals surface area contributed by atoms with E-state index in [-0.39, 0.29) is 62.2 Å². The number of aliphatic hydroxyl groups excluding tert-OH is 1. The smallest absolute Gasteiger partial charge is 0.414 e. The molecule has 2 fully saturated rings. The van der Waals surface area contributed by atoms with Crippen LogP contribution in [0.25, 0.3) is 5.65 Å². The fourth-order valence-corrected chi connectivity index (χ4v) is 4.45. The van der Waals surface area contributed by atoms with Gasteiger partial charge in [-0.15, -0.1) is 0 Å². The molecule has 0 aliphatic carbocycles. The highest BCUT2D eigenvalue weighted by molar-refractivity contribution is 5.95. The summed E-state index contributed by atoms with van der Waals surface area (Å²) in [5, 5.41) is 11.6. The van der Waals surface area contributed by atoms with Gasteiger partial charge in [0, 0.05) is 50.7 Å². The molecule has 1 aromatic carbocycles. The lowest BCUT2D eigenvalue weighted by atomic mass is 10.2. The minimum Gasteiger partial charge on any atom is -0.441 e. The van der Waals surface area contributed by atoms with Gasteiger partial charge < -0.3 is 29.4 Å². The molecule has 2 aromatic heterocycles. The van der Waals surface area contributed by atoms with Crippen molar-refractivity contribution in [2.45, 2.75) is 6.10 Å². The fourth-order valence-electron chi connectivity index (χ4n) is 4.45. The zero-order valence-electron chi connectivity index (χ0n) is 19.9. The lowest BCUT2D eigenvalue weighted by Crippen LogP contribution is -2.51. The van der Waals surface area contributed by atoms with Crippen molar-refractivity contribution in [1.29, 1.82) is 0 Å². The molecule has 11 nitrogen and oxygen atoms in total. The molecule has 3 aromatic rings. The van der Waals surface area contributed by atoms with Crippen LogP contribution in [0.15, 0.2) is 36.7 Å². The number of carbonyl (C=O) groups is 3.